The van der Waals surface area contributed by atoms with E-state index in [1.54, 1.807) is 0 Å². The van der Waals surface area contributed by atoms with Gasteiger partial charge in [-0.3, -0.25) is 9.59 Å². The summed E-state index contributed by atoms with van der Waals surface area (Å²) >= 11 is 0. The normalized spacial score (nSPS) is 11.7. The predicted molar refractivity (Wildman–Crippen MR) is 134 cm³/mol. The number of rotatable bonds is 10. The van der Waals surface area contributed by atoms with Gasteiger partial charge in [-0.15, -0.1) is 0 Å². The largest absolute Gasteiger partial charge is 0.361 e. The van der Waals surface area contributed by atoms with E-state index in [2.05, 4.69) is 21.7 Å². The number of carbonyl (C=O) groups excluding carboxylic acids is 2. The topological polar surface area (TPSA) is 97.8 Å². The lowest BCUT2D eigenvalue weighted by Gasteiger charge is -2.19. The minimum atomic E-state index is -0.694. The molecule has 4 rings (SSSR count). The highest BCUT2D eigenvalue weighted by Gasteiger charge is 2.21. The van der Waals surface area contributed by atoms with Crippen LogP contribution in [0.4, 0.5) is 0 Å². The number of nitriles is 1. The van der Waals surface area contributed by atoms with Crippen LogP contribution < -0.4 is 10.6 Å². The molecule has 0 radical (unpaired) electrons. The summed E-state index contributed by atoms with van der Waals surface area (Å²) < 4.78 is 0. The van der Waals surface area contributed by atoms with Crippen molar-refractivity contribution in [2.24, 2.45) is 0 Å². The molecule has 0 aliphatic carbocycles. The molecule has 0 bridgehead atoms. The fraction of sp³-hybridized carbons (Fsp3) is 0.250. The number of H-pyrrole nitrogens is 1. The second-order valence-corrected chi connectivity index (χ2v) is 8.42. The van der Waals surface area contributed by atoms with Crippen molar-refractivity contribution in [1.29, 1.82) is 5.26 Å². The van der Waals surface area contributed by atoms with Gasteiger partial charge >= 0.3 is 0 Å². The van der Waals surface area contributed by atoms with Gasteiger partial charge in [0, 0.05) is 36.5 Å². The molecule has 1 unspecified atom stereocenters. The Bertz CT molecular complexity index is 1340. The summed E-state index contributed by atoms with van der Waals surface area (Å²) in [7, 11) is 0. The minimum absolute atomic E-state index is 0.152. The Morgan fingerprint density at radius 1 is 1.00 bits per heavy atom. The number of aromatic amines is 1. The van der Waals surface area contributed by atoms with E-state index < -0.39 is 6.04 Å². The Kier molecular flexibility index (Phi) is 7.56. The maximum Gasteiger partial charge on any atom is 0.242 e. The predicted octanol–water partition coefficient (Wildman–Crippen LogP) is 4.40. The van der Waals surface area contributed by atoms with Gasteiger partial charge in [0.2, 0.25) is 11.8 Å². The molecule has 1 heterocycles. The van der Waals surface area contributed by atoms with Crippen molar-refractivity contribution in [1.82, 2.24) is 15.6 Å². The maximum absolute atomic E-state index is 12.8. The van der Waals surface area contributed by atoms with Crippen molar-refractivity contribution in [3.8, 4) is 6.07 Å². The highest BCUT2D eigenvalue weighted by Crippen LogP contribution is 2.20. The number of aromatic nitrogens is 1. The Labute approximate surface area is 199 Å². The quantitative estimate of drug-likeness (QED) is 0.311. The number of aryl methyl sites for hydroxylation is 1. The number of para-hydroxylation sites is 1. The Morgan fingerprint density at radius 2 is 1.79 bits per heavy atom. The Balaban J connectivity index is 1.38. The first kappa shape index (κ1) is 23.1. The van der Waals surface area contributed by atoms with E-state index in [0.29, 0.717) is 19.3 Å². The summed E-state index contributed by atoms with van der Waals surface area (Å²) in [5.41, 5.74) is 3.25. The van der Waals surface area contributed by atoms with Crippen LogP contribution in [0.25, 0.3) is 21.7 Å². The van der Waals surface area contributed by atoms with Crippen molar-refractivity contribution in [2.75, 3.05) is 6.54 Å². The first-order chi connectivity index (χ1) is 16.6. The molecule has 3 N–H and O–H groups in total. The molecular formula is C28H28N4O2. The number of benzene rings is 3. The van der Waals surface area contributed by atoms with Crippen LogP contribution in [0.2, 0.25) is 0 Å². The molecule has 1 atom stereocenters. The molecule has 172 valence electrons. The smallest absolute Gasteiger partial charge is 0.242 e. The third-order valence-corrected chi connectivity index (χ3v) is 5.97. The van der Waals surface area contributed by atoms with Crippen LogP contribution in [0, 0.1) is 11.3 Å². The summed E-state index contributed by atoms with van der Waals surface area (Å²) in [6.45, 7) is 0.264. The molecule has 0 saturated carbocycles. The molecular weight excluding hydrogens is 424 g/mol. The van der Waals surface area contributed by atoms with E-state index in [1.165, 1.54) is 10.9 Å². The summed E-state index contributed by atoms with van der Waals surface area (Å²) in [4.78, 5) is 28.8. The molecule has 4 aromatic rings. The maximum atomic E-state index is 12.8. The molecule has 0 aliphatic heterocycles. The number of hydrogen-bond acceptors (Lipinski definition) is 3. The van der Waals surface area contributed by atoms with Gasteiger partial charge in [-0.1, -0.05) is 60.7 Å². The summed E-state index contributed by atoms with van der Waals surface area (Å²) in [5, 5.41) is 17.8. The Hall–Kier alpha value is -4.11. The van der Waals surface area contributed by atoms with E-state index in [4.69, 9.17) is 5.26 Å². The van der Waals surface area contributed by atoms with Crippen molar-refractivity contribution in [3.63, 3.8) is 0 Å². The molecule has 2 amide bonds. The highest BCUT2D eigenvalue weighted by molar-refractivity contribution is 5.88. The van der Waals surface area contributed by atoms with Gasteiger partial charge in [0.1, 0.15) is 6.04 Å². The van der Waals surface area contributed by atoms with Gasteiger partial charge < -0.3 is 15.6 Å². The van der Waals surface area contributed by atoms with E-state index in [0.717, 1.165) is 28.3 Å². The molecule has 1 aromatic heterocycles. The molecule has 34 heavy (non-hydrogen) atoms. The van der Waals surface area contributed by atoms with Crippen molar-refractivity contribution in [3.05, 3.63) is 84.1 Å². The summed E-state index contributed by atoms with van der Waals surface area (Å²) in [6.07, 6.45) is 4.41. The lowest BCUT2D eigenvalue weighted by Crippen LogP contribution is -2.48. The number of amides is 2. The summed E-state index contributed by atoms with van der Waals surface area (Å²) in [5.74, 6) is -0.422. The van der Waals surface area contributed by atoms with Gasteiger partial charge in [0.15, 0.2) is 0 Å². The van der Waals surface area contributed by atoms with Crippen LogP contribution >= 0.6 is 0 Å². The second-order valence-electron chi connectivity index (χ2n) is 8.42. The zero-order valence-electron chi connectivity index (χ0n) is 19.0. The van der Waals surface area contributed by atoms with Crippen LogP contribution in [-0.2, 0) is 22.4 Å². The SMILES string of the molecule is N#CCCNC(=O)C(Cc1ccc2ccccc2c1)NC(=O)CCCc1c[nH]c2ccccc12. The van der Waals surface area contributed by atoms with Crippen LogP contribution in [0.3, 0.4) is 0 Å². The van der Waals surface area contributed by atoms with E-state index in [9.17, 15) is 9.59 Å². The van der Waals surface area contributed by atoms with Crippen molar-refractivity contribution < 1.29 is 9.59 Å². The van der Waals surface area contributed by atoms with Gasteiger partial charge in [-0.2, -0.15) is 5.26 Å². The van der Waals surface area contributed by atoms with E-state index >= 15 is 0 Å². The number of carbonyl (C=O) groups is 2. The molecule has 6 nitrogen and oxygen atoms in total. The van der Waals surface area contributed by atoms with Crippen LogP contribution in [-0.4, -0.2) is 29.4 Å². The molecule has 0 spiro atoms. The van der Waals surface area contributed by atoms with Crippen LogP contribution in [0.1, 0.15) is 30.4 Å². The summed E-state index contributed by atoms with van der Waals surface area (Å²) in [6, 6.07) is 23.5. The fourth-order valence-corrected chi connectivity index (χ4v) is 4.22. The number of nitrogens with zero attached hydrogens (tertiary/aromatic N) is 1. The number of fused-ring (bicyclic) bond motifs is 2. The molecule has 0 aliphatic rings. The third-order valence-electron chi connectivity index (χ3n) is 5.97. The van der Waals surface area contributed by atoms with Crippen LogP contribution in [0.15, 0.2) is 72.9 Å². The monoisotopic (exact) mass is 452 g/mol. The molecule has 0 saturated heterocycles. The fourth-order valence-electron chi connectivity index (χ4n) is 4.22. The highest BCUT2D eigenvalue weighted by atomic mass is 16.2. The van der Waals surface area contributed by atoms with Crippen molar-refractivity contribution in [2.45, 2.75) is 38.1 Å². The number of hydrogen-bond donors (Lipinski definition) is 3. The van der Waals surface area contributed by atoms with E-state index in [-0.39, 0.29) is 24.8 Å². The van der Waals surface area contributed by atoms with Crippen LogP contribution in [0.5, 0.6) is 0 Å². The average molecular weight is 453 g/mol. The first-order valence-corrected chi connectivity index (χ1v) is 11.6. The zero-order chi connectivity index (χ0) is 23.8. The number of nitrogens with one attached hydrogen (secondary N) is 3. The minimum Gasteiger partial charge on any atom is -0.361 e. The van der Waals surface area contributed by atoms with Gasteiger partial charge in [0.05, 0.1) is 12.5 Å². The van der Waals surface area contributed by atoms with Gasteiger partial charge in [0.25, 0.3) is 0 Å². The third kappa shape index (κ3) is 5.81. The average Bonchev–Trinajstić information content (AvgIpc) is 3.27. The second kappa shape index (κ2) is 11.2. The zero-order valence-corrected chi connectivity index (χ0v) is 19.0. The van der Waals surface area contributed by atoms with Crippen molar-refractivity contribution >= 4 is 33.5 Å². The molecule has 0 fully saturated rings. The standard InChI is InChI=1S/C28H28N4O2/c29-15-6-16-30-28(34)26(18-20-13-14-21-7-1-2-8-22(21)17-20)32-27(33)12-5-9-23-19-31-25-11-4-3-10-24(23)25/h1-4,7-8,10-11,13-14,17,19,26,31H,5-6,9,12,16,18H2,(H,30,34)(H,32,33). The lowest BCUT2D eigenvalue weighted by atomic mass is 10.0. The van der Waals surface area contributed by atoms with E-state index in [1.807, 2.05) is 72.9 Å². The molecule has 6 heteroatoms. The van der Waals surface area contributed by atoms with Gasteiger partial charge in [-0.05, 0) is 40.8 Å². The Morgan fingerprint density at radius 3 is 2.65 bits per heavy atom. The van der Waals surface area contributed by atoms with Gasteiger partial charge in [-0.25, -0.2) is 0 Å². The molecule has 3 aromatic carbocycles. The first-order valence-electron chi connectivity index (χ1n) is 11.6. The lowest BCUT2D eigenvalue weighted by molar-refractivity contribution is -0.129.